The molecule has 0 saturated carbocycles. The molecule has 0 spiro atoms. The molecular weight excluding hydrogens is 364 g/mol. The van der Waals surface area contributed by atoms with Crippen LogP contribution in [0.25, 0.3) is 10.2 Å². The number of hydrogen-bond acceptors (Lipinski definition) is 5. The number of thiophene rings is 1. The quantitative estimate of drug-likeness (QED) is 0.605. The van der Waals surface area contributed by atoms with Crippen LogP contribution in [-0.2, 0) is 12.8 Å². The molecule has 5 heteroatoms. The number of nitrogens with zero attached hydrogens (tertiary/aromatic N) is 3. The lowest BCUT2D eigenvalue weighted by Gasteiger charge is -2.28. The molecule has 1 saturated heterocycles. The number of rotatable bonds is 5. The van der Waals surface area contributed by atoms with E-state index in [1.165, 1.54) is 79.4 Å². The first-order valence-corrected chi connectivity index (χ1v) is 11.5. The van der Waals surface area contributed by atoms with Crippen molar-refractivity contribution >= 4 is 27.4 Å². The van der Waals surface area contributed by atoms with Crippen LogP contribution in [0.3, 0.4) is 0 Å². The van der Waals surface area contributed by atoms with Crippen LogP contribution < -0.4 is 5.32 Å². The van der Waals surface area contributed by atoms with Gasteiger partial charge in [-0.15, -0.1) is 11.3 Å². The maximum absolute atomic E-state index is 4.68. The average Bonchev–Trinajstić information content (AvgIpc) is 3.32. The minimum Gasteiger partial charge on any atom is -0.367 e. The van der Waals surface area contributed by atoms with E-state index in [0.717, 1.165) is 17.2 Å². The van der Waals surface area contributed by atoms with Crippen molar-refractivity contribution < 1.29 is 0 Å². The molecule has 1 atom stereocenters. The summed E-state index contributed by atoms with van der Waals surface area (Å²) in [4.78, 5) is 14.6. The molecule has 0 unspecified atom stereocenters. The van der Waals surface area contributed by atoms with E-state index in [0.29, 0.717) is 6.04 Å². The van der Waals surface area contributed by atoms with Crippen LogP contribution in [0.4, 0.5) is 5.82 Å². The lowest BCUT2D eigenvalue weighted by molar-refractivity contribution is 0.256. The highest BCUT2D eigenvalue weighted by Gasteiger charge is 2.24. The van der Waals surface area contributed by atoms with E-state index in [1.54, 1.807) is 6.33 Å². The van der Waals surface area contributed by atoms with Gasteiger partial charge in [0, 0.05) is 11.4 Å². The molecular formula is C23H28N4S. The van der Waals surface area contributed by atoms with Crippen molar-refractivity contribution in [2.45, 2.75) is 51.0 Å². The standard InChI is InChI=1S/C23H28N4S/c1-3-9-17(10-4-1)19(27-13-7-8-14-27)15-24-22-21-18-11-5-2-6-12-20(18)28-23(21)26-16-25-22/h1,3-4,9-10,16,19H,2,5-8,11-15H2,(H,24,25,26)/t19-/m1/s1. The molecule has 146 valence electrons. The third kappa shape index (κ3) is 3.53. The maximum Gasteiger partial charge on any atom is 0.138 e. The fourth-order valence-corrected chi connectivity index (χ4v) is 6.01. The predicted molar refractivity (Wildman–Crippen MR) is 117 cm³/mol. The number of aryl methyl sites for hydroxylation is 2. The number of likely N-dealkylation sites (tertiary alicyclic amines) is 1. The summed E-state index contributed by atoms with van der Waals surface area (Å²) in [6.45, 7) is 3.27. The van der Waals surface area contributed by atoms with Crippen molar-refractivity contribution in [3.8, 4) is 0 Å². The van der Waals surface area contributed by atoms with Gasteiger partial charge in [0.05, 0.1) is 11.4 Å². The molecule has 1 fully saturated rings. The van der Waals surface area contributed by atoms with Crippen LogP contribution in [0.15, 0.2) is 36.7 Å². The number of hydrogen-bond donors (Lipinski definition) is 1. The molecule has 1 aromatic carbocycles. The van der Waals surface area contributed by atoms with Crippen molar-refractivity contribution in [2.24, 2.45) is 0 Å². The monoisotopic (exact) mass is 392 g/mol. The Morgan fingerprint density at radius 1 is 0.964 bits per heavy atom. The first kappa shape index (κ1) is 18.1. The molecule has 2 aliphatic rings. The minimum atomic E-state index is 0.394. The van der Waals surface area contributed by atoms with Crippen molar-refractivity contribution in [3.63, 3.8) is 0 Å². The van der Waals surface area contributed by atoms with Gasteiger partial charge in [0.2, 0.25) is 0 Å². The zero-order valence-electron chi connectivity index (χ0n) is 16.4. The minimum absolute atomic E-state index is 0.394. The number of benzene rings is 1. The Morgan fingerprint density at radius 2 is 1.79 bits per heavy atom. The van der Waals surface area contributed by atoms with E-state index in [-0.39, 0.29) is 0 Å². The third-order valence-corrected chi connectivity index (χ3v) is 7.43. The van der Waals surface area contributed by atoms with Crippen molar-refractivity contribution in [1.82, 2.24) is 14.9 Å². The Labute approximate surface area is 171 Å². The third-order valence-electron chi connectivity index (χ3n) is 6.23. The fraction of sp³-hybridized carbons (Fsp3) is 0.478. The largest absolute Gasteiger partial charge is 0.367 e. The van der Waals surface area contributed by atoms with Crippen LogP contribution in [0.2, 0.25) is 0 Å². The molecule has 2 aromatic heterocycles. The van der Waals surface area contributed by atoms with E-state index in [4.69, 9.17) is 0 Å². The second-order valence-corrected chi connectivity index (χ2v) is 9.10. The first-order valence-electron chi connectivity index (χ1n) is 10.7. The van der Waals surface area contributed by atoms with Gasteiger partial charge in [0.25, 0.3) is 0 Å². The fourth-order valence-electron chi connectivity index (χ4n) is 4.78. The molecule has 28 heavy (non-hydrogen) atoms. The molecule has 0 amide bonds. The summed E-state index contributed by atoms with van der Waals surface area (Å²) in [5.41, 5.74) is 2.91. The van der Waals surface area contributed by atoms with Crippen LogP contribution in [0.5, 0.6) is 0 Å². The van der Waals surface area contributed by atoms with E-state index >= 15 is 0 Å². The van der Waals surface area contributed by atoms with Crippen LogP contribution >= 0.6 is 11.3 Å². The molecule has 3 heterocycles. The first-order chi connectivity index (χ1) is 13.9. The molecule has 4 nitrogen and oxygen atoms in total. The summed E-state index contributed by atoms with van der Waals surface area (Å²) in [7, 11) is 0. The predicted octanol–water partition coefficient (Wildman–Crippen LogP) is 5.21. The molecule has 0 bridgehead atoms. The van der Waals surface area contributed by atoms with Gasteiger partial charge in [0.15, 0.2) is 0 Å². The van der Waals surface area contributed by atoms with Gasteiger partial charge >= 0.3 is 0 Å². The van der Waals surface area contributed by atoms with Crippen LogP contribution in [-0.4, -0.2) is 34.5 Å². The molecule has 5 rings (SSSR count). The Balaban J connectivity index is 1.45. The Bertz CT molecular complexity index is 930. The van der Waals surface area contributed by atoms with Crippen molar-refractivity contribution in [3.05, 3.63) is 52.7 Å². The SMILES string of the molecule is c1ccc([C@@H](CNc2ncnc3sc4c(c23)CCCCC4)N2CCCC2)cc1. The van der Waals surface area contributed by atoms with E-state index < -0.39 is 0 Å². The summed E-state index contributed by atoms with van der Waals surface area (Å²) in [6.07, 6.45) is 10.6. The van der Waals surface area contributed by atoms with E-state index in [2.05, 4.69) is 50.5 Å². The lowest BCUT2D eigenvalue weighted by atomic mass is 10.0. The van der Waals surface area contributed by atoms with Crippen LogP contribution in [0.1, 0.15) is 54.1 Å². The highest BCUT2D eigenvalue weighted by atomic mass is 32.1. The summed E-state index contributed by atoms with van der Waals surface area (Å²) in [6, 6.07) is 11.3. The van der Waals surface area contributed by atoms with E-state index in [9.17, 15) is 0 Å². The Morgan fingerprint density at radius 3 is 2.64 bits per heavy atom. The highest BCUT2D eigenvalue weighted by molar-refractivity contribution is 7.18. The van der Waals surface area contributed by atoms with E-state index in [1.807, 2.05) is 11.3 Å². The number of aromatic nitrogens is 2. The van der Waals surface area contributed by atoms with Gasteiger partial charge in [-0.1, -0.05) is 36.8 Å². The summed E-state index contributed by atoms with van der Waals surface area (Å²) in [5.74, 6) is 1.03. The maximum atomic E-state index is 4.68. The van der Waals surface area contributed by atoms with Gasteiger partial charge in [-0.2, -0.15) is 0 Å². The molecule has 1 N–H and O–H groups in total. The van der Waals surface area contributed by atoms with Gasteiger partial charge in [-0.3, -0.25) is 4.90 Å². The Hall–Kier alpha value is -1.98. The second-order valence-electron chi connectivity index (χ2n) is 8.02. The molecule has 3 aromatic rings. The average molecular weight is 393 g/mol. The van der Waals surface area contributed by atoms with Gasteiger partial charge in [-0.25, -0.2) is 9.97 Å². The van der Waals surface area contributed by atoms with Crippen LogP contribution in [0, 0.1) is 0 Å². The summed E-state index contributed by atoms with van der Waals surface area (Å²) >= 11 is 1.88. The second kappa shape index (κ2) is 8.18. The van der Waals surface area contributed by atoms with Gasteiger partial charge in [0.1, 0.15) is 17.0 Å². The summed E-state index contributed by atoms with van der Waals surface area (Å²) < 4.78 is 0. The topological polar surface area (TPSA) is 41.1 Å². The zero-order chi connectivity index (χ0) is 18.8. The normalized spacial score (nSPS) is 18.7. The smallest absolute Gasteiger partial charge is 0.138 e. The van der Waals surface area contributed by atoms with Gasteiger partial charge in [-0.05, 0) is 62.7 Å². The van der Waals surface area contributed by atoms with Crippen molar-refractivity contribution in [1.29, 1.82) is 0 Å². The zero-order valence-corrected chi connectivity index (χ0v) is 17.2. The molecule has 1 aliphatic carbocycles. The number of anilines is 1. The molecule has 0 radical (unpaired) electrons. The number of fused-ring (bicyclic) bond motifs is 3. The highest BCUT2D eigenvalue weighted by Crippen LogP contribution is 2.38. The Kier molecular flexibility index (Phi) is 5.28. The lowest BCUT2D eigenvalue weighted by Crippen LogP contribution is -2.31. The summed E-state index contributed by atoms with van der Waals surface area (Å²) in [5, 5.41) is 5.02. The van der Waals surface area contributed by atoms with Crippen molar-refractivity contribution in [2.75, 3.05) is 25.0 Å². The number of nitrogens with one attached hydrogen (secondary N) is 1. The molecule has 1 aliphatic heterocycles. The van der Waals surface area contributed by atoms with Gasteiger partial charge < -0.3 is 5.32 Å².